The van der Waals surface area contributed by atoms with Crippen LogP contribution in [0.15, 0.2) is 30.3 Å². The fourth-order valence-corrected chi connectivity index (χ4v) is 1.55. The highest BCUT2D eigenvalue weighted by atomic mass is 32.1. The molecule has 1 amide bonds. The van der Waals surface area contributed by atoms with Gasteiger partial charge in [0.2, 0.25) is 5.91 Å². The van der Waals surface area contributed by atoms with E-state index in [1.165, 1.54) is 0 Å². The van der Waals surface area contributed by atoms with Crippen LogP contribution in [0, 0.1) is 0 Å². The maximum Gasteiger partial charge on any atom is 0.305 e. The third-order valence-corrected chi connectivity index (χ3v) is 2.70. The fraction of sp³-hybridized carbons (Fsp3) is 0.200. The first kappa shape index (κ1) is 11.6. The molecule has 15 heavy (non-hydrogen) atoms. The molecule has 1 atom stereocenters. The number of primary amides is 1. The van der Waals surface area contributed by atoms with Crippen molar-refractivity contribution in [2.75, 3.05) is 0 Å². The van der Waals surface area contributed by atoms with Crippen LogP contribution in [-0.2, 0) is 14.3 Å². The van der Waals surface area contributed by atoms with Crippen molar-refractivity contribution < 1.29 is 14.7 Å². The lowest BCUT2D eigenvalue weighted by molar-refractivity contribution is -0.139. The highest BCUT2D eigenvalue weighted by molar-refractivity contribution is 7.82. The number of benzene rings is 1. The van der Waals surface area contributed by atoms with Crippen LogP contribution in [0.3, 0.4) is 0 Å². The zero-order valence-electron chi connectivity index (χ0n) is 7.88. The van der Waals surface area contributed by atoms with Crippen LogP contribution < -0.4 is 5.73 Å². The van der Waals surface area contributed by atoms with Gasteiger partial charge in [0.25, 0.3) is 0 Å². The standard InChI is InChI=1S/C10H11NO3S/c11-9(14)10(15,6-8(12)13)7-4-2-1-3-5-7/h1-5,15H,6H2,(H2,11,14)(H,12,13). The number of carboxylic acids is 1. The van der Waals surface area contributed by atoms with Crippen molar-refractivity contribution in [1.29, 1.82) is 0 Å². The lowest BCUT2D eigenvalue weighted by atomic mass is 9.94. The van der Waals surface area contributed by atoms with Crippen molar-refractivity contribution in [3.8, 4) is 0 Å². The number of carboxylic acid groups (broad SMARTS) is 1. The van der Waals surface area contributed by atoms with Crippen molar-refractivity contribution in [1.82, 2.24) is 0 Å². The molecule has 0 saturated heterocycles. The first-order valence-corrected chi connectivity index (χ1v) is 4.71. The summed E-state index contributed by atoms with van der Waals surface area (Å²) in [5.41, 5.74) is 5.66. The molecule has 5 heteroatoms. The predicted molar refractivity (Wildman–Crippen MR) is 58.6 cm³/mol. The number of hydrogen-bond donors (Lipinski definition) is 3. The maximum atomic E-state index is 11.2. The fourth-order valence-electron chi connectivity index (χ4n) is 1.26. The van der Waals surface area contributed by atoms with Crippen LogP contribution in [0.4, 0.5) is 0 Å². The quantitative estimate of drug-likeness (QED) is 0.662. The number of hydrogen-bond acceptors (Lipinski definition) is 3. The second kappa shape index (κ2) is 4.35. The molecule has 4 nitrogen and oxygen atoms in total. The highest BCUT2D eigenvalue weighted by Crippen LogP contribution is 2.31. The Balaban J connectivity index is 3.13. The molecule has 0 aromatic heterocycles. The molecule has 0 spiro atoms. The van der Waals surface area contributed by atoms with E-state index in [1.807, 2.05) is 0 Å². The molecule has 3 N–H and O–H groups in total. The van der Waals surface area contributed by atoms with E-state index in [1.54, 1.807) is 30.3 Å². The number of amides is 1. The molecule has 0 saturated carbocycles. The molecule has 0 aliphatic rings. The van der Waals surface area contributed by atoms with Crippen molar-refractivity contribution in [3.63, 3.8) is 0 Å². The zero-order chi connectivity index (χ0) is 11.5. The molecule has 0 radical (unpaired) electrons. The number of nitrogens with two attached hydrogens (primary N) is 1. The largest absolute Gasteiger partial charge is 0.481 e. The second-order valence-electron chi connectivity index (χ2n) is 3.16. The Kier molecular flexibility index (Phi) is 3.36. The summed E-state index contributed by atoms with van der Waals surface area (Å²) in [7, 11) is 0. The highest BCUT2D eigenvalue weighted by Gasteiger charge is 2.36. The summed E-state index contributed by atoms with van der Waals surface area (Å²) in [6.45, 7) is 0. The maximum absolute atomic E-state index is 11.2. The van der Waals surface area contributed by atoms with E-state index in [2.05, 4.69) is 12.6 Å². The molecular formula is C10H11NO3S. The van der Waals surface area contributed by atoms with E-state index in [9.17, 15) is 9.59 Å². The molecule has 0 bridgehead atoms. The molecule has 80 valence electrons. The van der Waals surface area contributed by atoms with Crippen molar-refractivity contribution in [2.45, 2.75) is 11.2 Å². The summed E-state index contributed by atoms with van der Waals surface area (Å²) in [4.78, 5) is 21.9. The van der Waals surface area contributed by atoms with Crippen molar-refractivity contribution in [2.24, 2.45) is 5.73 Å². The predicted octanol–water partition coefficient (Wildman–Crippen LogP) is 0.772. The number of carbonyl (C=O) groups excluding carboxylic acids is 1. The van der Waals surface area contributed by atoms with Crippen LogP contribution in [0.2, 0.25) is 0 Å². The summed E-state index contributed by atoms with van der Waals surface area (Å²) in [5.74, 6) is -1.88. The normalized spacial score (nSPS) is 14.2. The smallest absolute Gasteiger partial charge is 0.305 e. The van der Waals surface area contributed by atoms with E-state index in [4.69, 9.17) is 10.8 Å². The Labute approximate surface area is 92.5 Å². The Morgan fingerprint density at radius 1 is 1.33 bits per heavy atom. The number of aliphatic carboxylic acids is 1. The Hall–Kier alpha value is -1.49. The molecule has 0 heterocycles. The van der Waals surface area contributed by atoms with Gasteiger partial charge < -0.3 is 10.8 Å². The molecule has 1 rings (SSSR count). The second-order valence-corrected chi connectivity index (χ2v) is 3.92. The number of rotatable bonds is 4. The van der Waals surface area contributed by atoms with Crippen LogP contribution in [0.25, 0.3) is 0 Å². The number of thiol groups is 1. The molecular weight excluding hydrogens is 214 g/mol. The molecule has 1 aromatic rings. The average molecular weight is 225 g/mol. The van der Waals surface area contributed by atoms with Gasteiger partial charge in [-0.05, 0) is 5.56 Å². The van der Waals surface area contributed by atoms with E-state index in [-0.39, 0.29) is 0 Å². The Bertz CT molecular complexity index is 380. The first-order chi connectivity index (χ1) is 6.97. The third-order valence-electron chi connectivity index (χ3n) is 2.07. The van der Waals surface area contributed by atoms with E-state index in [0.717, 1.165) is 0 Å². The van der Waals surface area contributed by atoms with Crippen molar-refractivity contribution in [3.05, 3.63) is 35.9 Å². The SMILES string of the molecule is NC(=O)C(S)(CC(=O)O)c1ccccc1. The van der Waals surface area contributed by atoms with Crippen LogP contribution >= 0.6 is 12.6 Å². The van der Waals surface area contributed by atoms with Gasteiger partial charge in [-0.1, -0.05) is 30.3 Å². The average Bonchev–Trinajstić information content (AvgIpc) is 2.17. The Morgan fingerprint density at radius 2 is 1.87 bits per heavy atom. The van der Waals surface area contributed by atoms with Gasteiger partial charge in [0.15, 0.2) is 0 Å². The summed E-state index contributed by atoms with van der Waals surface area (Å²) < 4.78 is -1.45. The number of carbonyl (C=O) groups is 2. The topological polar surface area (TPSA) is 80.4 Å². The monoisotopic (exact) mass is 225 g/mol. The minimum Gasteiger partial charge on any atom is -0.481 e. The molecule has 1 unspecified atom stereocenters. The van der Waals surface area contributed by atoms with Gasteiger partial charge in [-0.25, -0.2) is 0 Å². The minimum atomic E-state index is -1.45. The van der Waals surface area contributed by atoms with E-state index >= 15 is 0 Å². The van der Waals surface area contributed by atoms with Crippen molar-refractivity contribution >= 4 is 24.5 Å². The summed E-state index contributed by atoms with van der Waals surface area (Å²) in [5, 5.41) is 8.70. The summed E-state index contributed by atoms with van der Waals surface area (Å²) >= 11 is 4.09. The minimum absolute atomic E-state index is 0.435. The van der Waals surface area contributed by atoms with E-state index in [0.29, 0.717) is 5.56 Å². The molecule has 0 fully saturated rings. The van der Waals surface area contributed by atoms with Gasteiger partial charge in [0.1, 0.15) is 4.75 Å². The summed E-state index contributed by atoms with van der Waals surface area (Å²) in [6, 6.07) is 8.41. The zero-order valence-corrected chi connectivity index (χ0v) is 8.78. The molecule has 0 aliphatic carbocycles. The van der Waals surface area contributed by atoms with Gasteiger partial charge >= 0.3 is 5.97 Å². The summed E-state index contributed by atoms with van der Waals surface area (Å²) in [6.07, 6.45) is -0.435. The van der Waals surface area contributed by atoms with Gasteiger partial charge in [-0.2, -0.15) is 12.6 Å². The van der Waals surface area contributed by atoms with Gasteiger partial charge in [0.05, 0.1) is 6.42 Å². The third kappa shape index (κ3) is 2.50. The van der Waals surface area contributed by atoms with Gasteiger partial charge in [-0.3, -0.25) is 9.59 Å². The van der Waals surface area contributed by atoms with Crippen LogP contribution in [-0.4, -0.2) is 17.0 Å². The van der Waals surface area contributed by atoms with Gasteiger partial charge in [0, 0.05) is 0 Å². The molecule has 1 aromatic carbocycles. The van der Waals surface area contributed by atoms with Crippen LogP contribution in [0.5, 0.6) is 0 Å². The lowest BCUT2D eigenvalue weighted by Crippen LogP contribution is -2.38. The van der Waals surface area contributed by atoms with E-state index < -0.39 is 23.0 Å². The molecule has 0 aliphatic heterocycles. The lowest BCUT2D eigenvalue weighted by Gasteiger charge is -2.23. The Morgan fingerprint density at radius 3 is 2.27 bits per heavy atom. The first-order valence-electron chi connectivity index (χ1n) is 4.26. The van der Waals surface area contributed by atoms with Crippen LogP contribution in [0.1, 0.15) is 12.0 Å². The van der Waals surface area contributed by atoms with Gasteiger partial charge in [-0.15, -0.1) is 0 Å².